The van der Waals surface area contributed by atoms with Gasteiger partial charge in [0.15, 0.2) is 0 Å². The van der Waals surface area contributed by atoms with E-state index in [0.717, 1.165) is 52.4 Å². The Morgan fingerprint density at radius 1 is 1.28 bits per heavy atom. The van der Waals surface area contributed by atoms with Gasteiger partial charge >= 0.3 is 6.03 Å². The van der Waals surface area contributed by atoms with Crippen molar-refractivity contribution in [1.29, 1.82) is 5.26 Å². The van der Waals surface area contributed by atoms with Gasteiger partial charge in [0.2, 0.25) is 0 Å². The zero-order valence-electron chi connectivity index (χ0n) is 20.8. The SMILES string of the molecule is CC(C)Cc1ccc(-c2nnc(C3=C4CCC(NC(=O)N5CCOCC5)C(=CC=C3)C4)s2)cc1C#N. The normalized spacial score (nSPS) is 19.7. The highest BCUT2D eigenvalue weighted by Gasteiger charge is 2.28. The lowest BCUT2D eigenvalue weighted by Crippen LogP contribution is -2.50. The van der Waals surface area contributed by atoms with Crippen molar-refractivity contribution in [2.24, 2.45) is 5.92 Å². The molecule has 1 saturated heterocycles. The number of hydrogen-bond donors (Lipinski definition) is 1. The summed E-state index contributed by atoms with van der Waals surface area (Å²) < 4.78 is 5.36. The molecule has 1 aliphatic heterocycles. The average molecular weight is 502 g/mol. The minimum atomic E-state index is -0.00463. The molecule has 2 aromatic rings. The number of aromatic nitrogens is 2. The third-order valence-electron chi connectivity index (χ3n) is 6.91. The monoisotopic (exact) mass is 501 g/mol. The Morgan fingerprint density at radius 2 is 2.08 bits per heavy atom. The highest BCUT2D eigenvalue weighted by atomic mass is 32.1. The van der Waals surface area contributed by atoms with Crippen LogP contribution in [0.2, 0.25) is 0 Å². The number of fused-ring (bicyclic) bond motifs is 2. The standard InChI is InChI=1S/C28H31N5O2S/c1-18(2)14-19-6-7-22(16-23(19)17-29)26-31-32-27(36-26)24-5-3-4-21-15-20(24)8-9-25(21)30-28(34)33-10-12-35-13-11-33/h3-7,16,18,25H,8-15H2,1-2H3,(H,30,34). The average Bonchev–Trinajstić information content (AvgIpc) is 3.31. The van der Waals surface area contributed by atoms with E-state index in [0.29, 0.717) is 37.8 Å². The highest BCUT2D eigenvalue weighted by molar-refractivity contribution is 7.15. The number of nitrogens with zero attached hydrogens (tertiary/aromatic N) is 4. The molecule has 186 valence electrons. The molecular formula is C28H31N5O2S. The first-order valence-electron chi connectivity index (χ1n) is 12.6. The Labute approximate surface area is 216 Å². The maximum Gasteiger partial charge on any atom is 0.318 e. The zero-order chi connectivity index (χ0) is 25.1. The van der Waals surface area contributed by atoms with Gasteiger partial charge in [0, 0.05) is 24.2 Å². The summed E-state index contributed by atoms with van der Waals surface area (Å²) in [5.74, 6) is 0.493. The smallest absolute Gasteiger partial charge is 0.318 e. The summed E-state index contributed by atoms with van der Waals surface area (Å²) in [5, 5.41) is 23.6. The van der Waals surface area contributed by atoms with Gasteiger partial charge in [0.05, 0.1) is 30.9 Å². The number of carbonyl (C=O) groups excluding carboxylic acids is 1. The van der Waals surface area contributed by atoms with E-state index in [9.17, 15) is 10.1 Å². The molecule has 36 heavy (non-hydrogen) atoms. The molecule has 3 aliphatic rings. The van der Waals surface area contributed by atoms with E-state index in [1.165, 1.54) is 11.1 Å². The van der Waals surface area contributed by atoms with E-state index in [4.69, 9.17) is 4.74 Å². The third kappa shape index (κ3) is 5.28. The van der Waals surface area contributed by atoms with Gasteiger partial charge in [-0.2, -0.15) is 5.26 Å². The van der Waals surface area contributed by atoms with Crippen LogP contribution in [0, 0.1) is 17.2 Å². The van der Waals surface area contributed by atoms with Gasteiger partial charge < -0.3 is 15.0 Å². The number of urea groups is 1. The number of hydrogen-bond acceptors (Lipinski definition) is 6. The molecule has 7 nitrogen and oxygen atoms in total. The topological polar surface area (TPSA) is 91.1 Å². The second-order valence-electron chi connectivity index (χ2n) is 9.93. The van der Waals surface area contributed by atoms with Crippen molar-refractivity contribution in [3.63, 3.8) is 0 Å². The summed E-state index contributed by atoms with van der Waals surface area (Å²) in [6, 6.07) is 8.42. The minimum absolute atomic E-state index is 0.00463. The van der Waals surface area contributed by atoms with Crippen molar-refractivity contribution in [2.45, 2.75) is 45.6 Å². The Morgan fingerprint density at radius 3 is 2.86 bits per heavy atom. The van der Waals surface area contributed by atoms with Crippen LogP contribution < -0.4 is 5.32 Å². The fraction of sp³-hybridized carbons (Fsp3) is 0.429. The number of allylic oxidation sites excluding steroid dienone is 5. The van der Waals surface area contributed by atoms with Crippen LogP contribution in [0.25, 0.3) is 16.1 Å². The summed E-state index contributed by atoms with van der Waals surface area (Å²) in [6.07, 6.45) is 9.80. The first kappa shape index (κ1) is 24.4. The minimum Gasteiger partial charge on any atom is -0.378 e. The van der Waals surface area contributed by atoms with Crippen LogP contribution in [-0.2, 0) is 11.2 Å². The van der Waals surface area contributed by atoms with Crippen molar-refractivity contribution >= 4 is 22.9 Å². The number of rotatable bonds is 5. The molecule has 1 aromatic heterocycles. The Kier molecular flexibility index (Phi) is 7.30. The molecule has 2 aliphatic carbocycles. The van der Waals surface area contributed by atoms with Crippen molar-refractivity contribution in [2.75, 3.05) is 26.3 Å². The number of morpholine rings is 1. The molecule has 2 amide bonds. The van der Waals surface area contributed by atoms with Crippen molar-refractivity contribution in [3.05, 3.63) is 63.7 Å². The van der Waals surface area contributed by atoms with E-state index < -0.39 is 0 Å². The summed E-state index contributed by atoms with van der Waals surface area (Å²) in [6.45, 7) is 6.80. The summed E-state index contributed by atoms with van der Waals surface area (Å²) in [5.41, 5.74) is 6.40. The number of benzene rings is 1. The summed E-state index contributed by atoms with van der Waals surface area (Å²) >= 11 is 1.56. The van der Waals surface area contributed by atoms with Crippen LogP contribution in [0.5, 0.6) is 0 Å². The lowest BCUT2D eigenvalue weighted by molar-refractivity contribution is 0.0526. The lowest BCUT2D eigenvalue weighted by atomic mass is 9.85. The van der Waals surface area contributed by atoms with E-state index in [1.54, 1.807) is 11.3 Å². The van der Waals surface area contributed by atoms with Gasteiger partial charge in [0.25, 0.3) is 0 Å². The lowest BCUT2D eigenvalue weighted by Gasteiger charge is -2.32. The fourth-order valence-electron chi connectivity index (χ4n) is 5.03. The van der Waals surface area contributed by atoms with Crippen LogP contribution in [0.15, 0.2) is 47.6 Å². The molecule has 8 heteroatoms. The van der Waals surface area contributed by atoms with Crippen LogP contribution in [0.3, 0.4) is 0 Å². The Hall–Kier alpha value is -3.28. The van der Waals surface area contributed by atoms with E-state index in [-0.39, 0.29) is 12.1 Å². The predicted octanol–water partition coefficient (Wildman–Crippen LogP) is 5.12. The maximum absolute atomic E-state index is 12.7. The number of nitriles is 1. The van der Waals surface area contributed by atoms with E-state index in [2.05, 4.69) is 53.7 Å². The molecule has 1 N–H and O–H groups in total. The zero-order valence-corrected chi connectivity index (χ0v) is 21.6. The van der Waals surface area contributed by atoms with Gasteiger partial charge in [-0.3, -0.25) is 0 Å². The first-order chi connectivity index (χ1) is 17.5. The quantitative estimate of drug-likeness (QED) is 0.614. The molecule has 2 bridgehead atoms. The van der Waals surface area contributed by atoms with Gasteiger partial charge in [-0.15, -0.1) is 10.2 Å². The molecule has 5 rings (SSSR count). The maximum atomic E-state index is 12.7. The van der Waals surface area contributed by atoms with Crippen molar-refractivity contribution in [3.8, 4) is 16.6 Å². The number of carbonyl (C=O) groups is 1. The number of amides is 2. The molecule has 1 saturated carbocycles. The van der Waals surface area contributed by atoms with E-state index in [1.807, 2.05) is 23.1 Å². The van der Waals surface area contributed by atoms with Crippen molar-refractivity contribution < 1.29 is 9.53 Å². The van der Waals surface area contributed by atoms with E-state index >= 15 is 0 Å². The van der Waals surface area contributed by atoms with Crippen LogP contribution in [-0.4, -0.2) is 53.5 Å². The summed E-state index contributed by atoms with van der Waals surface area (Å²) in [4.78, 5) is 14.6. The van der Waals surface area contributed by atoms with Crippen LogP contribution in [0.1, 0.15) is 49.2 Å². The Balaban J connectivity index is 1.32. The van der Waals surface area contributed by atoms with Gasteiger partial charge in [-0.25, -0.2) is 4.79 Å². The second kappa shape index (κ2) is 10.8. The molecule has 1 unspecified atom stereocenters. The largest absolute Gasteiger partial charge is 0.378 e. The van der Waals surface area contributed by atoms with Crippen molar-refractivity contribution in [1.82, 2.24) is 20.4 Å². The molecular weight excluding hydrogens is 470 g/mol. The number of ether oxygens (including phenoxy) is 1. The van der Waals surface area contributed by atoms with Gasteiger partial charge in [-0.1, -0.05) is 61.1 Å². The molecule has 1 aromatic carbocycles. The van der Waals surface area contributed by atoms with Crippen LogP contribution in [0.4, 0.5) is 4.79 Å². The third-order valence-corrected chi connectivity index (χ3v) is 7.92. The fourth-order valence-corrected chi connectivity index (χ4v) is 5.94. The number of nitrogens with one attached hydrogen (secondary N) is 1. The second-order valence-corrected chi connectivity index (χ2v) is 10.9. The predicted molar refractivity (Wildman–Crippen MR) is 141 cm³/mol. The molecule has 2 fully saturated rings. The summed E-state index contributed by atoms with van der Waals surface area (Å²) in [7, 11) is 0. The molecule has 0 spiro atoms. The first-order valence-corrected chi connectivity index (χ1v) is 13.4. The Bertz CT molecular complexity index is 1280. The molecule has 0 radical (unpaired) electrons. The van der Waals surface area contributed by atoms with Gasteiger partial charge in [-0.05, 0) is 48.8 Å². The van der Waals surface area contributed by atoms with Crippen LogP contribution >= 0.6 is 11.3 Å². The molecule has 1 atom stereocenters. The highest BCUT2D eigenvalue weighted by Crippen LogP contribution is 2.39. The van der Waals surface area contributed by atoms with Gasteiger partial charge in [0.1, 0.15) is 10.0 Å². The molecule has 2 heterocycles.